The Labute approximate surface area is 172 Å². The molecule has 1 atom stereocenters. The highest BCUT2D eigenvalue weighted by Gasteiger charge is 2.08. The summed E-state index contributed by atoms with van der Waals surface area (Å²) in [6.45, 7) is 2.58. The molecule has 1 unspecified atom stereocenters. The number of rotatable bonds is 9. The van der Waals surface area contributed by atoms with Gasteiger partial charge in [-0.25, -0.2) is 0 Å². The first-order valence-corrected chi connectivity index (χ1v) is 9.79. The summed E-state index contributed by atoms with van der Waals surface area (Å²) in [6, 6.07) is 25.1. The van der Waals surface area contributed by atoms with Gasteiger partial charge >= 0.3 is 0 Å². The molecule has 3 rings (SSSR count). The second kappa shape index (κ2) is 10.9. The van der Waals surface area contributed by atoms with Crippen LogP contribution < -0.4 is 4.74 Å². The Morgan fingerprint density at radius 2 is 1.38 bits per heavy atom. The van der Waals surface area contributed by atoms with Gasteiger partial charge in [0, 0.05) is 6.42 Å². The van der Waals surface area contributed by atoms with Gasteiger partial charge in [-0.05, 0) is 41.0 Å². The van der Waals surface area contributed by atoms with E-state index in [1.54, 1.807) is 12.1 Å². The van der Waals surface area contributed by atoms with Crippen molar-refractivity contribution in [2.75, 3.05) is 0 Å². The largest absolute Gasteiger partial charge is 0.508 e. The predicted molar refractivity (Wildman–Crippen MR) is 119 cm³/mol. The van der Waals surface area contributed by atoms with E-state index < -0.39 is 0 Å². The molecular formula is C26H26O3. The lowest BCUT2D eigenvalue weighted by atomic mass is 10.2. The number of ether oxygens (including phenoxy) is 2. The zero-order valence-corrected chi connectivity index (χ0v) is 16.6. The summed E-state index contributed by atoms with van der Waals surface area (Å²) in [5, 5.41) is 9.30. The van der Waals surface area contributed by atoms with Crippen molar-refractivity contribution < 1.29 is 14.6 Å². The highest BCUT2D eigenvalue weighted by Crippen LogP contribution is 2.17. The van der Waals surface area contributed by atoms with Crippen LogP contribution in [-0.4, -0.2) is 11.4 Å². The topological polar surface area (TPSA) is 38.7 Å². The minimum absolute atomic E-state index is 0.273. The molecule has 0 saturated carbocycles. The molecule has 0 heterocycles. The van der Waals surface area contributed by atoms with Gasteiger partial charge < -0.3 is 14.6 Å². The number of aromatic hydroxyl groups is 1. The van der Waals surface area contributed by atoms with Crippen molar-refractivity contribution in [3.8, 4) is 11.5 Å². The van der Waals surface area contributed by atoms with Crippen molar-refractivity contribution in [2.24, 2.45) is 0 Å². The van der Waals surface area contributed by atoms with Gasteiger partial charge in [0.15, 0.2) is 6.29 Å². The molecule has 29 heavy (non-hydrogen) atoms. The van der Waals surface area contributed by atoms with Crippen molar-refractivity contribution in [1.82, 2.24) is 0 Å². The van der Waals surface area contributed by atoms with E-state index in [2.05, 4.69) is 0 Å². The van der Waals surface area contributed by atoms with E-state index in [0.29, 0.717) is 6.61 Å². The third-order valence-electron chi connectivity index (χ3n) is 4.34. The van der Waals surface area contributed by atoms with E-state index in [1.807, 2.05) is 98.0 Å². The average Bonchev–Trinajstić information content (AvgIpc) is 2.77. The second-order valence-corrected chi connectivity index (χ2v) is 6.63. The van der Waals surface area contributed by atoms with Gasteiger partial charge in [-0.15, -0.1) is 0 Å². The zero-order valence-electron chi connectivity index (χ0n) is 16.6. The zero-order chi connectivity index (χ0) is 20.3. The maximum atomic E-state index is 9.30. The van der Waals surface area contributed by atoms with Crippen molar-refractivity contribution in [2.45, 2.75) is 26.2 Å². The number of benzene rings is 3. The summed E-state index contributed by atoms with van der Waals surface area (Å²) in [7, 11) is 0. The molecule has 148 valence electrons. The van der Waals surface area contributed by atoms with Crippen LogP contribution in [-0.2, 0) is 11.3 Å². The van der Waals surface area contributed by atoms with E-state index in [0.717, 1.165) is 28.9 Å². The van der Waals surface area contributed by atoms with E-state index in [9.17, 15) is 5.11 Å². The van der Waals surface area contributed by atoms with Gasteiger partial charge in [0.25, 0.3) is 0 Å². The number of phenolic OH excluding ortho intramolecular Hbond substituents is 1. The van der Waals surface area contributed by atoms with E-state index in [-0.39, 0.29) is 12.0 Å². The Bertz CT molecular complexity index is 910. The number of allylic oxidation sites excluding steroid dienone is 2. The average molecular weight is 386 g/mol. The number of phenols is 1. The van der Waals surface area contributed by atoms with Crippen molar-refractivity contribution in [1.29, 1.82) is 0 Å². The molecule has 0 aromatic heterocycles. The van der Waals surface area contributed by atoms with Crippen LogP contribution in [0.5, 0.6) is 11.5 Å². The number of hydrogen-bond donors (Lipinski definition) is 1. The molecule has 0 bridgehead atoms. The van der Waals surface area contributed by atoms with Gasteiger partial charge in [-0.1, -0.05) is 85.8 Å². The Kier molecular flexibility index (Phi) is 7.67. The smallest absolute Gasteiger partial charge is 0.199 e. The molecule has 0 aliphatic rings. The minimum atomic E-state index is -0.273. The molecule has 0 amide bonds. The highest BCUT2D eigenvalue weighted by molar-refractivity contribution is 5.57. The van der Waals surface area contributed by atoms with E-state index in [4.69, 9.17) is 9.47 Å². The van der Waals surface area contributed by atoms with Crippen LogP contribution in [0.2, 0.25) is 0 Å². The molecule has 0 spiro atoms. The third kappa shape index (κ3) is 6.98. The van der Waals surface area contributed by atoms with Gasteiger partial charge in [0.05, 0.1) is 6.61 Å². The Morgan fingerprint density at radius 3 is 1.97 bits per heavy atom. The lowest BCUT2D eigenvalue weighted by Crippen LogP contribution is -2.19. The Morgan fingerprint density at radius 1 is 0.793 bits per heavy atom. The van der Waals surface area contributed by atoms with Crippen LogP contribution in [0.3, 0.4) is 0 Å². The monoisotopic (exact) mass is 386 g/mol. The standard InChI is InChI=1S/C26H26O3/c1-2-26(28-20-23-10-4-3-5-11-23)29-25-18-14-22(15-19-25)9-7-6-8-21-12-16-24(27)17-13-21/h3-19,26-27H,2,20H2,1H3. The molecule has 3 aromatic carbocycles. The van der Waals surface area contributed by atoms with Crippen molar-refractivity contribution in [3.05, 3.63) is 108 Å². The summed E-state index contributed by atoms with van der Waals surface area (Å²) in [6.07, 6.45) is 8.48. The van der Waals surface area contributed by atoms with Crippen LogP contribution in [0, 0.1) is 0 Å². The lowest BCUT2D eigenvalue weighted by Gasteiger charge is -2.18. The second-order valence-electron chi connectivity index (χ2n) is 6.63. The molecular weight excluding hydrogens is 360 g/mol. The molecule has 0 saturated heterocycles. The minimum Gasteiger partial charge on any atom is -0.508 e. The highest BCUT2D eigenvalue weighted by atomic mass is 16.7. The molecule has 3 heteroatoms. The first-order chi connectivity index (χ1) is 14.2. The van der Waals surface area contributed by atoms with E-state index >= 15 is 0 Å². The molecule has 0 aliphatic carbocycles. The van der Waals surface area contributed by atoms with Crippen LogP contribution >= 0.6 is 0 Å². The van der Waals surface area contributed by atoms with Gasteiger partial charge in [0.1, 0.15) is 11.5 Å². The van der Waals surface area contributed by atoms with Crippen LogP contribution in [0.4, 0.5) is 0 Å². The summed E-state index contributed by atoms with van der Waals surface area (Å²) in [5.74, 6) is 1.07. The van der Waals surface area contributed by atoms with Gasteiger partial charge in [0.2, 0.25) is 0 Å². The van der Waals surface area contributed by atoms with Gasteiger partial charge in [-0.2, -0.15) is 0 Å². The summed E-state index contributed by atoms with van der Waals surface area (Å²) in [4.78, 5) is 0. The Balaban J connectivity index is 1.50. The van der Waals surface area contributed by atoms with Crippen molar-refractivity contribution >= 4 is 12.2 Å². The quantitative estimate of drug-likeness (QED) is 0.339. The SMILES string of the molecule is CCC(OCc1ccccc1)Oc1ccc(C=CC=Cc2ccc(O)cc2)cc1. The molecule has 0 fully saturated rings. The van der Waals surface area contributed by atoms with Gasteiger partial charge in [-0.3, -0.25) is 0 Å². The summed E-state index contributed by atoms with van der Waals surface area (Å²) in [5.41, 5.74) is 3.26. The third-order valence-corrected chi connectivity index (χ3v) is 4.34. The molecule has 0 radical (unpaired) electrons. The fraction of sp³-hybridized carbons (Fsp3) is 0.154. The molecule has 3 nitrogen and oxygen atoms in total. The summed E-state index contributed by atoms with van der Waals surface area (Å²) < 4.78 is 11.8. The first-order valence-electron chi connectivity index (χ1n) is 9.79. The number of hydrogen-bond acceptors (Lipinski definition) is 3. The first kappa shape index (κ1) is 20.4. The normalized spacial score (nSPS) is 12.4. The van der Waals surface area contributed by atoms with Crippen LogP contribution in [0.1, 0.15) is 30.0 Å². The molecule has 3 aromatic rings. The van der Waals surface area contributed by atoms with Crippen LogP contribution in [0.25, 0.3) is 12.2 Å². The maximum absolute atomic E-state index is 9.30. The molecule has 1 N–H and O–H groups in total. The summed E-state index contributed by atoms with van der Waals surface area (Å²) >= 11 is 0. The van der Waals surface area contributed by atoms with Crippen LogP contribution in [0.15, 0.2) is 91.0 Å². The molecule has 0 aliphatic heterocycles. The maximum Gasteiger partial charge on any atom is 0.199 e. The van der Waals surface area contributed by atoms with E-state index in [1.165, 1.54) is 0 Å². The lowest BCUT2D eigenvalue weighted by molar-refractivity contribution is -0.0905. The fourth-order valence-corrected chi connectivity index (χ4v) is 2.73. The predicted octanol–water partition coefficient (Wildman–Crippen LogP) is 6.45. The Hall–Kier alpha value is -3.30. The fourth-order valence-electron chi connectivity index (χ4n) is 2.73. The van der Waals surface area contributed by atoms with Crippen molar-refractivity contribution in [3.63, 3.8) is 0 Å².